The highest BCUT2D eigenvalue weighted by atomic mass is 32.2. The number of aryl methyl sites for hydroxylation is 1. The zero-order chi connectivity index (χ0) is 23.2. The highest BCUT2D eigenvalue weighted by molar-refractivity contribution is 7.99. The first-order chi connectivity index (χ1) is 16.1. The second-order valence-corrected chi connectivity index (χ2v) is 8.13. The van der Waals surface area contributed by atoms with Gasteiger partial charge in [0.2, 0.25) is 0 Å². The van der Waals surface area contributed by atoms with E-state index in [9.17, 15) is 9.18 Å². The number of para-hydroxylation sites is 2. The van der Waals surface area contributed by atoms with Crippen LogP contribution in [0.3, 0.4) is 0 Å². The van der Waals surface area contributed by atoms with Crippen LogP contribution >= 0.6 is 11.8 Å². The zero-order valence-corrected chi connectivity index (χ0v) is 19.0. The Hall–Kier alpha value is -3.65. The van der Waals surface area contributed by atoms with Crippen LogP contribution in [0.5, 0.6) is 11.5 Å². The van der Waals surface area contributed by atoms with Gasteiger partial charge in [0.05, 0.1) is 12.9 Å². The fourth-order valence-electron chi connectivity index (χ4n) is 3.24. The maximum atomic E-state index is 14.0. The van der Waals surface area contributed by atoms with Gasteiger partial charge in [0.1, 0.15) is 12.4 Å². The average Bonchev–Trinajstić information content (AvgIpc) is 3.25. The van der Waals surface area contributed by atoms with Crippen molar-refractivity contribution in [2.45, 2.75) is 18.7 Å². The summed E-state index contributed by atoms with van der Waals surface area (Å²) >= 11 is 1.24. The standard InChI is InChI=1S/C25H22FN3O3S/c1-17-8-6-7-11-22(17)32-15-24-27-28-25(29(24)19-9-4-3-5-10-19)33-16-21(30)18-12-13-23(31-2)20(26)14-18/h3-14H,15-16H2,1-2H3. The van der Waals surface area contributed by atoms with Gasteiger partial charge < -0.3 is 9.47 Å². The number of carbonyl (C=O) groups excluding carboxylic acids is 1. The molecule has 0 aliphatic heterocycles. The molecule has 0 aliphatic carbocycles. The topological polar surface area (TPSA) is 66.2 Å². The van der Waals surface area contributed by atoms with E-state index in [1.165, 1.54) is 31.0 Å². The molecular formula is C25H22FN3O3S. The van der Waals surface area contributed by atoms with Crippen LogP contribution in [0.15, 0.2) is 78.0 Å². The predicted molar refractivity (Wildman–Crippen MR) is 125 cm³/mol. The van der Waals surface area contributed by atoms with Gasteiger partial charge in [0, 0.05) is 11.3 Å². The SMILES string of the molecule is COc1ccc(C(=O)CSc2nnc(COc3ccccc3C)n2-c2ccccc2)cc1F. The van der Waals surface area contributed by atoms with Gasteiger partial charge >= 0.3 is 0 Å². The van der Waals surface area contributed by atoms with Crippen molar-refractivity contribution in [2.75, 3.05) is 12.9 Å². The third kappa shape index (κ3) is 5.23. The molecule has 1 heterocycles. The van der Waals surface area contributed by atoms with Crippen LogP contribution in [-0.4, -0.2) is 33.4 Å². The highest BCUT2D eigenvalue weighted by Crippen LogP contribution is 2.25. The Bertz CT molecular complexity index is 1260. The smallest absolute Gasteiger partial charge is 0.196 e. The minimum Gasteiger partial charge on any atom is -0.494 e. The molecule has 8 heteroatoms. The molecule has 3 aromatic carbocycles. The maximum Gasteiger partial charge on any atom is 0.196 e. The molecule has 0 bridgehead atoms. The van der Waals surface area contributed by atoms with Gasteiger partial charge in [-0.2, -0.15) is 0 Å². The van der Waals surface area contributed by atoms with E-state index in [0.29, 0.717) is 11.0 Å². The molecule has 0 fully saturated rings. The largest absolute Gasteiger partial charge is 0.494 e. The lowest BCUT2D eigenvalue weighted by Gasteiger charge is -2.12. The van der Waals surface area contributed by atoms with Crippen LogP contribution in [-0.2, 0) is 6.61 Å². The van der Waals surface area contributed by atoms with Crippen LogP contribution in [0, 0.1) is 12.7 Å². The van der Waals surface area contributed by atoms with E-state index in [1.807, 2.05) is 66.1 Å². The maximum absolute atomic E-state index is 14.0. The molecular weight excluding hydrogens is 441 g/mol. The van der Waals surface area contributed by atoms with Gasteiger partial charge in [-0.15, -0.1) is 10.2 Å². The molecule has 0 atom stereocenters. The van der Waals surface area contributed by atoms with E-state index in [2.05, 4.69) is 10.2 Å². The summed E-state index contributed by atoms with van der Waals surface area (Å²) in [6.45, 7) is 2.19. The monoisotopic (exact) mass is 463 g/mol. The molecule has 6 nitrogen and oxygen atoms in total. The van der Waals surface area contributed by atoms with E-state index in [0.717, 1.165) is 17.0 Å². The minimum atomic E-state index is -0.573. The van der Waals surface area contributed by atoms with Crippen molar-refractivity contribution < 1.29 is 18.7 Å². The first kappa shape index (κ1) is 22.5. The number of Topliss-reactive ketones (excluding diaryl/α,β-unsaturated/α-hetero) is 1. The summed E-state index contributed by atoms with van der Waals surface area (Å²) in [5.41, 5.74) is 2.15. The van der Waals surface area contributed by atoms with Crippen LogP contribution in [0.25, 0.3) is 5.69 Å². The number of benzene rings is 3. The van der Waals surface area contributed by atoms with Gasteiger partial charge in [0.15, 0.2) is 28.3 Å². The lowest BCUT2D eigenvalue weighted by atomic mass is 10.1. The zero-order valence-electron chi connectivity index (χ0n) is 18.2. The van der Waals surface area contributed by atoms with Crippen molar-refractivity contribution in [3.05, 3.63) is 95.6 Å². The van der Waals surface area contributed by atoms with Crippen molar-refractivity contribution in [1.82, 2.24) is 14.8 Å². The number of ether oxygens (including phenoxy) is 2. The van der Waals surface area contributed by atoms with Gasteiger partial charge in [0.25, 0.3) is 0 Å². The van der Waals surface area contributed by atoms with Crippen LogP contribution in [0.1, 0.15) is 21.7 Å². The Morgan fingerprint density at radius 2 is 1.76 bits per heavy atom. The number of hydrogen-bond donors (Lipinski definition) is 0. The number of ketones is 1. The van der Waals surface area contributed by atoms with Crippen molar-refractivity contribution in [3.63, 3.8) is 0 Å². The summed E-state index contributed by atoms with van der Waals surface area (Å²) in [7, 11) is 1.38. The summed E-state index contributed by atoms with van der Waals surface area (Å²) in [5.74, 6) is 0.760. The van der Waals surface area contributed by atoms with E-state index in [-0.39, 0.29) is 29.5 Å². The number of rotatable bonds is 9. The predicted octanol–water partition coefficient (Wildman–Crippen LogP) is 5.28. The minimum absolute atomic E-state index is 0.0788. The number of carbonyl (C=O) groups is 1. The fourth-order valence-corrected chi connectivity index (χ4v) is 4.10. The van der Waals surface area contributed by atoms with Crippen LogP contribution in [0.2, 0.25) is 0 Å². The number of methoxy groups -OCH3 is 1. The second kappa shape index (κ2) is 10.3. The van der Waals surface area contributed by atoms with Crippen molar-refractivity contribution in [2.24, 2.45) is 0 Å². The average molecular weight is 464 g/mol. The Kier molecular flexibility index (Phi) is 7.04. The van der Waals surface area contributed by atoms with Crippen molar-refractivity contribution >= 4 is 17.5 Å². The summed E-state index contributed by atoms with van der Waals surface area (Å²) in [6, 6.07) is 21.6. The van der Waals surface area contributed by atoms with Crippen LogP contribution in [0.4, 0.5) is 4.39 Å². The Labute approximate surface area is 195 Å². The van der Waals surface area contributed by atoms with E-state index in [4.69, 9.17) is 9.47 Å². The van der Waals surface area contributed by atoms with Gasteiger partial charge in [-0.3, -0.25) is 9.36 Å². The van der Waals surface area contributed by atoms with E-state index in [1.54, 1.807) is 6.07 Å². The number of nitrogens with zero attached hydrogens (tertiary/aromatic N) is 3. The Morgan fingerprint density at radius 3 is 2.48 bits per heavy atom. The van der Waals surface area contributed by atoms with Gasteiger partial charge in [-0.1, -0.05) is 48.2 Å². The molecule has 0 amide bonds. The number of hydrogen-bond acceptors (Lipinski definition) is 6. The first-order valence-electron chi connectivity index (χ1n) is 10.2. The van der Waals surface area contributed by atoms with E-state index < -0.39 is 5.82 Å². The lowest BCUT2D eigenvalue weighted by Crippen LogP contribution is -2.08. The number of aromatic nitrogens is 3. The summed E-state index contributed by atoms with van der Waals surface area (Å²) in [6.07, 6.45) is 0. The Balaban J connectivity index is 1.54. The molecule has 0 N–H and O–H groups in total. The fraction of sp³-hybridized carbons (Fsp3) is 0.160. The third-order valence-corrected chi connectivity index (χ3v) is 5.90. The quantitative estimate of drug-likeness (QED) is 0.249. The molecule has 0 radical (unpaired) electrons. The molecule has 4 aromatic rings. The molecule has 1 aromatic heterocycles. The van der Waals surface area contributed by atoms with Crippen LogP contribution < -0.4 is 9.47 Å². The molecule has 33 heavy (non-hydrogen) atoms. The molecule has 4 rings (SSSR count). The summed E-state index contributed by atoms with van der Waals surface area (Å²) < 4.78 is 26.7. The summed E-state index contributed by atoms with van der Waals surface area (Å²) in [4.78, 5) is 12.7. The summed E-state index contributed by atoms with van der Waals surface area (Å²) in [5, 5.41) is 9.14. The molecule has 0 spiro atoms. The number of thioether (sulfide) groups is 1. The third-order valence-electron chi connectivity index (χ3n) is 4.97. The number of halogens is 1. The van der Waals surface area contributed by atoms with Gasteiger partial charge in [-0.05, 0) is 48.9 Å². The molecule has 0 unspecified atom stereocenters. The molecule has 168 valence electrons. The van der Waals surface area contributed by atoms with E-state index >= 15 is 0 Å². The van der Waals surface area contributed by atoms with Crippen molar-refractivity contribution in [1.29, 1.82) is 0 Å². The highest BCUT2D eigenvalue weighted by Gasteiger charge is 2.18. The van der Waals surface area contributed by atoms with Crippen molar-refractivity contribution in [3.8, 4) is 17.2 Å². The molecule has 0 saturated heterocycles. The second-order valence-electron chi connectivity index (χ2n) is 7.19. The lowest BCUT2D eigenvalue weighted by molar-refractivity contribution is 0.102. The van der Waals surface area contributed by atoms with Gasteiger partial charge in [-0.25, -0.2) is 4.39 Å². The normalized spacial score (nSPS) is 10.8. The molecule has 0 aliphatic rings. The Morgan fingerprint density at radius 1 is 1.00 bits per heavy atom. The molecule has 0 saturated carbocycles. The first-order valence-corrected chi connectivity index (χ1v) is 11.2.